The molecule has 0 aromatic heterocycles. The number of nitrogens with one attached hydrogen (secondary N) is 2. The van der Waals surface area contributed by atoms with E-state index >= 15 is 0 Å². The smallest absolute Gasteiger partial charge is 0.135 e. The first kappa shape index (κ1) is 25.7. The van der Waals surface area contributed by atoms with Gasteiger partial charge in [-0.3, -0.25) is 4.90 Å². The Morgan fingerprint density at radius 2 is 1.69 bits per heavy atom. The number of piperazine rings is 1. The van der Waals surface area contributed by atoms with Crippen molar-refractivity contribution in [2.45, 2.75) is 12.5 Å². The molecule has 1 fully saturated rings. The quantitative estimate of drug-likeness (QED) is 0.338. The number of hydrogen-bond acceptors (Lipinski definition) is 3. The molecular weight excluding hydrogens is 411 g/mol. The lowest BCUT2D eigenvalue weighted by atomic mass is 10.2. The van der Waals surface area contributed by atoms with Crippen molar-refractivity contribution in [3.63, 3.8) is 0 Å². The Morgan fingerprint density at radius 1 is 0.966 bits per heavy atom. The van der Waals surface area contributed by atoms with Crippen molar-refractivity contribution >= 4 is 5.69 Å². The number of aliphatic hydroxyl groups is 1. The summed E-state index contributed by atoms with van der Waals surface area (Å²) in [5.74, 6) is 0.915. The Bertz CT molecular complexity index is 683. The first-order valence-corrected chi connectivity index (χ1v) is 9.87. The number of quaternary nitrogens is 2. The monoisotopic (exact) mass is 442 g/mol. The molecule has 1 aliphatic heterocycles. The van der Waals surface area contributed by atoms with Crippen molar-refractivity contribution < 1.29 is 49.2 Å². The molecule has 0 radical (unpaired) electrons. The second-order valence-corrected chi connectivity index (χ2v) is 7.25. The molecule has 1 heterocycles. The largest absolute Gasteiger partial charge is 1.00 e. The summed E-state index contributed by atoms with van der Waals surface area (Å²) in [5.41, 5.74) is 2.56. The zero-order valence-corrected chi connectivity index (χ0v) is 18.5. The third kappa shape index (κ3) is 8.51. The van der Waals surface area contributed by atoms with Crippen LogP contribution in [0.15, 0.2) is 54.6 Å². The molecule has 0 bridgehead atoms. The molecule has 29 heavy (non-hydrogen) atoms. The molecule has 1 aliphatic rings. The van der Waals surface area contributed by atoms with Gasteiger partial charge in [0.25, 0.3) is 0 Å². The Kier molecular flexibility index (Phi) is 12.2. The summed E-state index contributed by atoms with van der Waals surface area (Å²) in [7, 11) is 1.71. The summed E-state index contributed by atoms with van der Waals surface area (Å²) in [6.45, 7) is 6.11. The van der Waals surface area contributed by atoms with E-state index < -0.39 is 6.10 Å². The topological polar surface area (TPSA) is 47.6 Å². The van der Waals surface area contributed by atoms with Crippen LogP contribution in [0.2, 0.25) is 0 Å². The molecule has 5 nitrogen and oxygen atoms in total. The van der Waals surface area contributed by atoms with Crippen LogP contribution < -0.4 is 39.4 Å². The van der Waals surface area contributed by atoms with Crippen LogP contribution in [0.3, 0.4) is 0 Å². The van der Waals surface area contributed by atoms with E-state index in [-0.39, 0.29) is 24.8 Å². The van der Waals surface area contributed by atoms with Gasteiger partial charge in [0.15, 0.2) is 0 Å². The number of ether oxygens (including phenoxy) is 2. The van der Waals surface area contributed by atoms with Crippen LogP contribution in [0.4, 0.5) is 5.69 Å². The van der Waals surface area contributed by atoms with Gasteiger partial charge in [0.1, 0.15) is 50.3 Å². The molecule has 1 atom stereocenters. The second-order valence-electron chi connectivity index (χ2n) is 7.25. The number of hydrogen-bond donors (Lipinski definition) is 3. The van der Waals surface area contributed by atoms with Crippen LogP contribution in [0, 0.1) is 0 Å². The van der Waals surface area contributed by atoms with Gasteiger partial charge in [0.05, 0.1) is 20.3 Å². The Morgan fingerprint density at radius 3 is 2.38 bits per heavy atom. The highest BCUT2D eigenvalue weighted by Gasteiger charge is 2.26. The van der Waals surface area contributed by atoms with E-state index in [4.69, 9.17) is 9.47 Å². The van der Waals surface area contributed by atoms with Crippen molar-refractivity contribution in [1.82, 2.24) is 0 Å². The summed E-state index contributed by atoms with van der Waals surface area (Å²) >= 11 is 0. The normalized spacial score (nSPS) is 19.5. The summed E-state index contributed by atoms with van der Waals surface area (Å²) in [4.78, 5) is 2.95. The lowest BCUT2D eigenvalue weighted by Gasteiger charge is -2.30. The minimum atomic E-state index is -0.394. The van der Waals surface area contributed by atoms with E-state index in [0.29, 0.717) is 13.2 Å². The fourth-order valence-electron chi connectivity index (χ4n) is 3.69. The van der Waals surface area contributed by atoms with Gasteiger partial charge in [-0.2, -0.15) is 0 Å². The average Bonchev–Trinajstić information content (AvgIpc) is 2.72. The van der Waals surface area contributed by atoms with Crippen LogP contribution in [0.5, 0.6) is 5.75 Å². The molecule has 0 amide bonds. The fraction of sp³-hybridized carbons (Fsp3) is 0.455. The Labute approximate surface area is 186 Å². The van der Waals surface area contributed by atoms with Crippen molar-refractivity contribution in [2.75, 3.05) is 53.0 Å². The van der Waals surface area contributed by atoms with E-state index in [1.807, 2.05) is 24.3 Å². The molecule has 7 heteroatoms. The highest BCUT2D eigenvalue weighted by Crippen LogP contribution is 2.13. The zero-order valence-electron chi connectivity index (χ0n) is 16.9. The fourth-order valence-corrected chi connectivity index (χ4v) is 3.69. The molecule has 162 valence electrons. The number of aliphatic hydroxyl groups excluding tert-OH is 1. The van der Waals surface area contributed by atoms with E-state index in [2.05, 4.69) is 30.3 Å². The molecule has 3 N–H and O–H groups in total. The van der Waals surface area contributed by atoms with Gasteiger partial charge in [-0.15, -0.1) is 0 Å². The standard InChI is InChI=1S/C22H30N2O3.2ClH/c1-26-22-9-5-8-20(16-22)24-13-11-23(12-14-24)17-21(25)18-27-15-10-19-6-3-2-4-7-19;;/h2-9,16,21,25H,10-15,17-18H2,1H3;2*1H. The molecule has 1 unspecified atom stereocenters. The van der Waals surface area contributed by atoms with E-state index in [1.54, 1.807) is 7.11 Å². The van der Waals surface area contributed by atoms with E-state index in [9.17, 15) is 5.11 Å². The highest BCUT2D eigenvalue weighted by molar-refractivity contribution is 5.37. The first-order chi connectivity index (χ1) is 13.2. The number of halogens is 2. The van der Waals surface area contributed by atoms with Gasteiger partial charge < -0.3 is 44.3 Å². The van der Waals surface area contributed by atoms with Gasteiger partial charge in [-0.25, -0.2) is 0 Å². The van der Waals surface area contributed by atoms with Crippen LogP contribution in [0.25, 0.3) is 0 Å². The third-order valence-corrected chi connectivity index (χ3v) is 5.25. The molecular formula is C22H32Cl2N2O3. The maximum Gasteiger partial charge on any atom is 0.135 e. The Balaban J connectivity index is 0.00000210. The number of rotatable bonds is 9. The molecule has 2 aromatic carbocycles. The predicted octanol–water partition coefficient (Wildman–Crippen LogP) is -6.26. The molecule has 0 aliphatic carbocycles. The summed E-state index contributed by atoms with van der Waals surface area (Å²) in [6.07, 6.45) is 0.498. The van der Waals surface area contributed by atoms with Gasteiger partial charge >= 0.3 is 0 Å². The molecule has 0 saturated carbocycles. The SMILES string of the molecule is COc1cccc([NH+]2CC[NH+](CC(O)COCCc3ccccc3)CC2)c1.[Cl-].[Cl-]. The molecule has 3 rings (SSSR count). The minimum absolute atomic E-state index is 0. The van der Waals surface area contributed by atoms with Crippen molar-refractivity contribution in [3.8, 4) is 5.75 Å². The van der Waals surface area contributed by atoms with Gasteiger partial charge in [0, 0.05) is 6.07 Å². The minimum Gasteiger partial charge on any atom is -1.00 e. The van der Waals surface area contributed by atoms with Gasteiger partial charge in [0.2, 0.25) is 0 Å². The van der Waals surface area contributed by atoms with E-state index in [1.165, 1.54) is 21.1 Å². The maximum atomic E-state index is 10.3. The lowest BCUT2D eigenvalue weighted by Crippen LogP contribution is -3.26. The molecule has 2 aromatic rings. The average molecular weight is 443 g/mol. The summed E-state index contributed by atoms with van der Waals surface area (Å²) in [5, 5.41) is 10.3. The van der Waals surface area contributed by atoms with Gasteiger partial charge in [-0.05, 0) is 24.1 Å². The maximum absolute atomic E-state index is 10.3. The van der Waals surface area contributed by atoms with Crippen molar-refractivity contribution in [1.29, 1.82) is 0 Å². The second kappa shape index (κ2) is 13.8. The summed E-state index contributed by atoms with van der Waals surface area (Å²) < 4.78 is 11.0. The van der Waals surface area contributed by atoms with Crippen LogP contribution in [-0.2, 0) is 11.2 Å². The molecule has 1 saturated heterocycles. The highest BCUT2D eigenvalue weighted by atomic mass is 35.5. The summed E-state index contributed by atoms with van der Waals surface area (Å²) in [6, 6.07) is 18.6. The molecule has 0 spiro atoms. The zero-order chi connectivity index (χ0) is 18.9. The lowest BCUT2D eigenvalue weighted by molar-refractivity contribution is -0.988. The van der Waals surface area contributed by atoms with Crippen LogP contribution in [-0.4, -0.2) is 64.3 Å². The van der Waals surface area contributed by atoms with Crippen molar-refractivity contribution in [2.24, 2.45) is 0 Å². The van der Waals surface area contributed by atoms with Crippen molar-refractivity contribution in [3.05, 3.63) is 60.2 Å². The predicted molar refractivity (Wildman–Crippen MR) is 106 cm³/mol. The van der Waals surface area contributed by atoms with Crippen LogP contribution in [0.1, 0.15) is 5.56 Å². The van der Waals surface area contributed by atoms with Gasteiger partial charge in [-0.1, -0.05) is 36.4 Å². The van der Waals surface area contributed by atoms with E-state index in [0.717, 1.165) is 44.9 Å². The third-order valence-electron chi connectivity index (χ3n) is 5.25. The Hall–Kier alpha value is -1.34. The first-order valence-electron chi connectivity index (χ1n) is 9.87. The number of methoxy groups -OCH3 is 1. The van der Waals surface area contributed by atoms with Crippen LogP contribution >= 0.6 is 0 Å². The number of benzene rings is 2.